The molecule has 1 amide bonds. The largest absolute Gasteiger partial charge is 0.340 e. The summed E-state index contributed by atoms with van der Waals surface area (Å²) in [7, 11) is 2.09. The van der Waals surface area contributed by atoms with Crippen molar-refractivity contribution in [2.24, 2.45) is 0 Å². The Kier molecular flexibility index (Phi) is 6.67. The highest BCUT2D eigenvalue weighted by molar-refractivity contribution is 9.10. The molecule has 1 aliphatic rings. The summed E-state index contributed by atoms with van der Waals surface area (Å²) in [5.74, 6) is 0.284. The van der Waals surface area contributed by atoms with E-state index in [0.717, 1.165) is 50.2 Å². The molecule has 5 heteroatoms. The van der Waals surface area contributed by atoms with Crippen LogP contribution in [0.1, 0.15) is 12.0 Å². The van der Waals surface area contributed by atoms with E-state index in [2.05, 4.69) is 57.5 Å². The van der Waals surface area contributed by atoms with Crippen LogP contribution in [0.4, 0.5) is 0 Å². The summed E-state index contributed by atoms with van der Waals surface area (Å²) in [5, 5.41) is 3.27. The van der Waals surface area contributed by atoms with Gasteiger partial charge in [-0.1, -0.05) is 28.1 Å². The Morgan fingerprint density at radius 3 is 2.57 bits per heavy atom. The first-order valence-electron chi connectivity index (χ1n) is 7.56. The third-order valence-electron chi connectivity index (χ3n) is 3.87. The fraction of sp³-hybridized carbons (Fsp3) is 0.562. The van der Waals surface area contributed by atoms with Crippen molar-refractivity contribution in [3.05, 3.63) is 34.3 Å². The first-order valence-corrected chi connectivity index (χ1v) is 8.36. The Labute approximate surface area is 135 Å². The van der Waals surface area contributed by atoms with Crippen molar-refractivity contribution in [2.75, 3.05) is 46.3 Å². The summed E-state index contributed by atoms with van der Waals surface area (Å²) in [4.78, 5) is 16.3. The Morgan fingerprint density at radius 2 is 1.90 bits per heavy atom. The van der Waals surface area contributed by atoms with Crippen molar-refractivity contribution in [3.63, 3.8) is 0 Å². The van der Waals surface area contributed by atoms with Gasteiger partial charge in [0.05, 0.1) is 0 Å². The van der Waals surface area contributed by atoms with Crippen molar-refractivity contribution in [1.82, 2.24) is 15.1 Å². The van der Waals surface area contributed by atoms with Crippen LogP contribution < -0.4 is 5.32 Å². The average molecular weight is 354 g/mol. The number of halogens is 1. The van der Waals surface area contributed by atoms with Crippen molar-refractivity contribution in [1.29, 1.82) is 0 Å². The number of amides is 1. The quantitative estimate of drug-likeness (QED) is 0.846. The second-order valence-corrected chi connectivity index (χ2v) is 6.48. The van der Waals surface area contributed by atoms with E-state index < -0.39 is 0 Å². The lowest BCUT2D eigenvalue weighted by molar-refractivity contribution is -0.132. The van der Waals surface area contributed by atoms with Crippen LogP contribution in [-0.4, -0.2) is 62.0 Å². The molecule has 1 aliphatic heterocycles. The van der Waals surface area contributed by atoms with Gasteiger partial charge >= 0.3 is 0 Å². The number of benzene rings is 1. The molecule has 0 spiro atoms. The highest BCUT2D eigenvalue weighted by Crippen LogP contribution is 2.11. The molecule has 0 unspecified atom stereocenters. The molecule has 1 aromatic carbocycles. The lowest BCUT2D eigenvalue weighted by Gasteiger charge is -2.28. The lowest BCUT2D eigenvalue weighted by Crippen LogP contribution is -2.47. The first kappa shape index (κ1) is 16.5. The molecule has 116 valence electrons. The van der Waals surface area contributed by atoms with Crippen molar-refractivity contribution in [3.8, 4) is 0 Å². The molecule has 2 rings (SSSR count). The van der Waals surface area contributed by atoms with Crippen molar-refractivity contribution in [2.45, 2.75) is 12.8 Å². The number of hydrogen-bond donors (Lipinski definition) is 1. The van der Waals surface area contributed by atoms with Gasteiger partial charge in [-0.2, -0.15) is 0 Å². The third-order valence-corrected chi connectivity index (χ3v) is 4.40. The number of rotatable bonds is 6. The van der Waals surface area contributed by atoms with E-state index in [9.17, 15) is 4.79 Å². The number of nitrogens with one attached hydrogen (secondary N) is 1. The molecule has 0 aromatic heterocycles. The molecule has 0 radical (unpaired) electrons. The predicted octanol–water partition coefficient (Wildman–Crippen LogP) is 1.75. The SMILES string of the molecule is CN(CCC(=O)N1CCNCC1)CCc1ccc(Br)cc1. The summed E-state index contributed by atoms with van der Waals surface area (Å²) in [6.45, 7) is 5.36. The van der Waals surface area contributed by atoms with E-state index in [1.54, 1.807) is 0 Å². The zero-order valence-electron chi connectivity index (χ0n) is 12.6. The number of piperazine rings is 1. The standard InChI is InChI=1S/C16H24BrN3O/c1-19(10-6-14-2-4-15(17)5-3-14)11-7-16(21)20-12-8-18-9-13-20/h2-5,18H,6-13H2,1H3. The molecule has 1 heterocycles. The van der Waals surface area contributed by atoms with E-state index in [1.165, 1.54) is 5.56 Å². The average Bonchev–Trinajstić information content (AvgIpc) is 2.53. The monoisotopic (exact) mass is 353 g/mol. The van der Waals surface area contributed by atoms with Gasteiger partial charge in [-0.3, -0.25) is 4.79 Å². The minimum absolute atomic E-state index is 0.284. The normalized spacial score (nSPS) is 15.5. The highest BCUT2D eigenvalue weighted by Gasteiger charge is 2.16. The summed E-state index contributed by atoms with van der Waals surface area (Å²) in [5.41, 5.74) is 1.33. The van der Waals surface area contributed by atoms with E-state index in [-0.39, 0.29) is 5.91 Å². The molecule has 1 saturated heterocycles. The molecule has 0 atom stereocenters. The fourth-order valence-electron chi connectivity index (χ4n) is 2.44. The van der Waals surface area contributed by atoms with Gasteiger partial charge in [-0.05, 0) is 31.2 Å². The van der Waals surface area contributed by atoms with Gasteiger partial charge in [0.25, 0.3) is 0 Å². The second-order valence-electron chi connectivity index (χ2n) is 5.56. The predicted molar refractivity (Wildman–Crippen MR) is 89.4 cm³/mol. The Bertz CT molecular complexity index is 443. The van der Waals surface area contributed by atoms with Gasteiger partial charge in [-0.25, -0.2) is 0 Å². The van der Waals surface area contributed by atoms with Crippen LogP contribution in [0.3, 0.4) is 0 Å². The maximum atomic E-state index is 12.1. The van der Waals surface area contributed by atoms with E-state index in [1.807, 2.05) is 4.90 Å². The molecule has 0 bridgehead atoms. The highest BCUT2D eigenvalue weighted by atomic mass is 79.9. The molecule has 4 nitrogen and oxygen atoms in total. The minimum Gasteiger partial charge on any atom is -0.340 e. The van der Waals surface area contributed by atoms with Crippen LogP contribution >= 0.6 is 15.9 Å². The first-order chi connectivity index (χ1) is 10.1. The molecular formula is C16H24BrN3O. The summed E-state index contributed by atoms with van der Waals surface area (Å²) < 4.78 is 1.11. The summed E-state index contributed by atoms with van der Waals surface area (Å²) in [6, 6.07) is 8.43. The van der Waals surface area contributed by atoms with Gasteiger partial charge in [0.15, 0.2) is 0 Å². The number of carbonyl (C=O) groups excluding carboxylic acids is 1. The number of carbonyl (C=O) groups is 1. The zero-order chi connectivity index (χ0) is 15.1. The van der Waals surface area contributed by atoms with E-state index in [4.69, 9.17) is 0 Å². The van der Waals surface area contributed by atoms with E-state index >= 15 is 0 Å². The van der Waals surface area contributed by atoms with E-state index in [0.29, 0.717) is 6.42 Å². The molecule has 21 heavy (non-hydrogen) atoms. The van der Waals surface area contributed by atoms with Crippen molar-refractivity contribution >= 4 is 21.8 Å². The smallest absolute Gasteiger partial charge is 0.223 e. The number of likely N-dealkylation sites (N-methyl/N-ethyl adjacent to an activating group) is 1. The van der Waals surface area contributed by atoms with Crippen LogP contribution in [0.25, 0.3) is 0 Å². The van der Waals surface area contributed by atoms with Crippen LogP contribution in [0.5, 0.6) is 0 Å². The lowest BCUT2D eigenvalue weighted by atomic mass is 10.1. The van der Waals surface area contributed by atoms with Crippen LogP contribution in [-0.2, 0) is 11.2 Å². The number of hydrogen-bond acceptors (Lipinski definition) is 3. The second kappa shape index (κ2) is 8.51. The van der Waals surface area contributed by atoms with Crippen LogP contribution in [0, 0.1) is 0 Å². The molecule has 1 fully saturated rings. The van der Waals surface area contributed by atoms with Crippen LogP contribution in [0.2, 0.25) is 0 Å². The Balaban J connectivity index is 1.65. The van der Waals surface area contributed by atoms with Gasteiger partial charge in [0.1, 0.15) is 0 Å². The molecule has 1 aromatic rings. The maximum absolute atomic E-state index is 12.1. The topological polar surface area (TPSA) is 35.6 Å². The van der Waals surface area contributed by atoms with Gasteiger partial charge in [-0.15, -0.1) is 0 Å². The minimum atomic E-state index is 0.284. The third kappa shape index (κ3) is 5.77. The Morgan fingerprint density at radius 1 is 1.24 bits per heavy atom. The summed E-state index contributed by atoms with van der Waals surface area (Å²) in [6.07, 6.45) is 1.64. The van der Waals surface area contributed by atoms with Crippen molar-refractivity contribution < 1.29 is 4.79 Å². The fourth-order valence-corrected chi connectivity index (χ4v) is 2.71. The van der Waals surface area contributed by atoms with Gasteiger partial charge < -0.3 is 15.1 Å². The summed E-state index contributed by atoms with van der Waals surface area (Å²) >= 11 is 3.45. The molecule has 0 saturated carbocycles. The number of nitrogens with zero attached hydrogens (tertiary/aromatic N) is 2. The van der Waals surface area contributed by atoms with Crippen LogP contribution in [0.15, 0.2) is 28.7 Å². The Hall–Kier alpha value is -0.910. The van der Waals surface area contributed by atoms with Gasteiger partial charge in [0.2, 0.25) is 5.91 Å². The van der Waals surface area contributed by atoms with Gasteiger partial charge in [0, 0.05) is 50.2 Å². The molecule has 1 N–H and O–H groups in total. The maximum Gasteiger partial charge on any atom is 0.223 e. The zero-order valence-corrected chi connectivity index (χ0v) is 14.2. The molecule has 0 aliphatic carbocycles. The molecular weight excluding hydrogens is 330 g/mol.